The molecular formula is C21H22ClFN2O2. The topological polar surface area (TPSA) is 40.6 Å². The van der Waals surface area contributed by atoms with E-state index in [2.05, 4.69) is 0 Å². The average molecular weight is 389 g/mol. The molecule has 2 aromatic carbocycles. The molecule has 2 aromatic rings. The van der Waals surface area contributed by atoms with Gasteiger partial charge in [-0.05, 0) is 55.7 Å². The van der Waals surface area contributed by atoms with Crippen LogP contribution in [0.4, 0.5) is 4.39 Å². The zero-order chi connectivity index (χ0) is 19.6. The predicted octanol–water partition coefficient (Wildman–Crippen LogP) is 4.08. The maximum absolute atomic E-state index is 14.1. The Labute approximate surface area is 163 Å². The van der Waals surface area contributed by atoms with Crippen molar-refractivity contribution in [3.05, 3.63) is 69.5 Å². The zero-order valence-corrected chi connectivity index (χ0v) is 16.2. The van der Waals surface area contributed by atoms with Crippen LogP contribution in [-0.2, 0) is 0 Å². The Hall–Kier alpha value is -2.40. The van der Waals surface area contributed by atoms with Crippen LogP contribution in [0.2, 0.25) is 5.02 Å². The van der Waals surface area contributed by atoms with E-state index in [4.69, 9.17) is 11.6 Å². The summed E-state index contributed by atoms with van der Waals surface area (Å²) in [6.07, 6.45) is 0.633. The second kappa shape index (κ2) is 8.09. The van der Waals surface area contributed by atoms with E-state index in [0.717, 1.165) is 11.1 Å². The maximum atomic E-state index is 14.1. The van der Waals surface area contributed by atoms with E-state index in [1.165, 1.54) is 18.2 Å². The lowest BCUT2D eigenvalue weighted by atomic mass is 10.1. The minimum Gasteiger partial charge on any atom is -0.337 e. The molecule has 142 valence electrons. The molecule has 1 saturated heterocycles. The fourth-order valence-corrected chi connectivity index (χ4v) is 3.48. The van der Waals surface area contributed by atoms with Crippen molar-refractivity contribution in [2.75, 3.05) is 26.2 Å². The molecule has 0 aromatic heterocycles. The lowest BCUT2D eigenvalue weighted by Gasteiger charge is -2.23. The van der Waals surface area contributed by atoms with Gasteiger partial charge in [0, 0.05) is 31.7 Å². The maximum Gasteiger partial charge on any atom is 0.258 e. The van der Waals surface area contributed by atoms with Crippen molar-refractivity contribution in [2.45, 2.75) is 20.3 Å². The van der Waals surface area contributed by atoms with Gasteiger partial charge in [-0.25, -0.2) is 4.39 Å². The van der Waals surface area contributed by atoms with Crippen molar-refractivity contribution in [1.82, 2.24) is 9.80 Å². The number of benzene rings is 2. The standard InChI is InChI=1S/C21H22ClFN2O2/c1-14-7-8-16(13-15(14)2)20(26)24-9-4-10-25(12-11-24)21(27)19-17(22)5-3-6-18(19)23/h3,5-8,13H,4,9-12H2,1-2H3. The van der Waals surface area contributed by atoms with E-state index in [1.807, 2.05) is 32.0 Å². The van der Waals surface area contributed by atoms with Crippen LogP contribution in [0.5, 0.6) is 0 Å². The fraction of sp³-hybridized carbons (Fsp3) is 0.333. The Balaban J connectivity index is 1.72. The number of hydrogen-bond acceptors (Lipinski definition) is 2. The number of aryl methyl sites for hydroxylation is 2. The largest absolute Gasteiger partial charge is 0.337 e. The SMILES string of the molecule is Cc1ccc(C(=O)N2CCCN(C(=O)c3c(F)cccc3Cl)CC2)cc1C. The molecule has 1 heterocycles. The molecule has 1 fully saturated rings. The normalized spacial score (nSPS) is 14.8. The van der Waals surface area contributed by atoms with Crippen LogP contribution in [0.1, 0.15) is 38.3 Å². The van der Waals surface area contributed by atoms with Gasteiger partial charge in [0.1, 0.15) is 5.82 Å². The highest BCUT2D eigenvalue weighted by Crippen LogP contribution is 2.22. The summed E-state index contributed by atoms with van der Waals surface area (Å²) in [4.78, 5) is 28.9. The molecule has 0 atom stereocenters. The third-order valence-electron chi connectivity index (χ3n) is 5.00. The van der Waals surface area contributed by atoms with Crippen LogP contribution >= 0.6 is 11.6 Å². The summed E-state index contributed by atoms with van der Waals surface area (Å²) in [6, 6.07) is 9.87. The van der Waals surface area contributed by atoms with E-state index in [0.29, 0.717) is 38.2 Å². The van der Waals surface area contributed by atoms with Crippen LogP contribution in [0, 0.1) is 19.7 Å². The highest BCUT2D eigenvalue weighted by atomic mass is 35.5. The molecule has 1 aliphatic heterocycles. The quantitative estimate of drug-likeness (QED) is 0.777. The molecule has 1 aliphatic rings. The Morgan fingerprint density at radius 2 is 1.59 bits per heavy atom. The molecule has 2 amide bonds. The van der Waals surface area contributed by atoms with Gasteiger partial charge in [-0.1, -0.05) is 23.7 Å². The summed E-state index contributed by atoms with van der Waals surface area (Å²) < 4.78 is 14.1. The fourth-order valence-electron chi connectivity index (χ4n) is 3.24. The molecule has 0 aliphatic carbocycles. The van der Waals surface area contributed by atoms with Crippen molar-refractivity contribution < 1.29 is 14.0 Å². The monoisotopic (exact) mass is 388 g/mol. The van der Waals surface area contributed by atoms with Crippen LogP contribution in [0.3, 0.4) is 0 Å². The Kier molecular flexibility index (Phi) is 5.80. The molecule has 4 nitrogen and oxygen atoms in total. The third-order valence-corrected chi connectivity index (χ3v) is 5.32. The zero-order valence-electron chi connectivity index (χ0n) is 15.5. The van der Waals surface area contributed by atoms with Gasteiger partial charge in [0.2, 0.25) is 0 Å². The summed E-state index contributed by atoms with van der Waals surface area (Å²) in [7, 11) is 0. The Morgan fingerprint density at radius 1 is 0.926 bits per heavy atom. The molecule has 0 unspecified atom stereocenters. The molecule has 0 bridgehead atoms. The summed E-state index contributed by atoms with van der Waals surface area (Å²) in [5, 5.41) is 0.104. The summed E-state index contributed by atoms with van der Waals surface area (Å²) in [6.45, 7) is 5.75. The minimum atomic E-state index is -0.625. The first-order chi connectivity index (χ1) is 12.9. The predicted molar refractivity (Wildman–Crippen MR) is 104 cm³/mol. The summed E-state index contributed by atoms with van der Waals surface area (Å²) in [5.74, 6) is -1.10. The number of carbonyl (C=O) groups excluding carboxylic acids is 2. The van der Waals surface area contributed by atoms with Gasteiger partial charge < -0.3 is 9.80 Å². The first-order valence-corrected chi connectivity index (χ1v) is 9.36. The van der Waals surface area contributed by atoms with Crippen LogP contribution < -0.4 is 0 Å². The molecule has 6 heteroatoms. The van der Waals surface area contributed by atoms with Gasteiger partial charge in [0.25, 0.3) is 11.8 Å². The molecule has 0 N–H and O–H groups in total. The minimum absolute atomic E-state index is 0.0451. The van der Waals surface area contributed by atoms with Crippen molar-refractivity contribution in [3.63, 3.8) is 0 Å². The van der Waals surface area contributed by atoms with E-state index in [1.54, 1.807) is 9.80 Å². The smallest absolute Gasteiger partial charge is 0.258 e. The van der Waals surface area contributed by atoms with Gasteiger partial charge >= 0.3 is 0 Å². The van der Waals surface area contributed by atoms with Gasteiger partial charge in [0.05, 0.1) is 10.6 Å². The van der Waals surface area contributed by atoms with Crippen LogP contribution in [0.15, 0.2) is 36.4 Å². The molecular weight excluding hydrogens is 367 g/mol. The Bertz CT molecular complexity index is 864. The lowest BCUT2D eigenvalue weighted by molar-refractivity contribution is 0.0716. The summed E-state index contributed by atoms with van der Waals surface area (Å²) >= 11 is 6.02. The second-order valence-corrected chi connectivity index (χ2v) is 7.24. The summed E-state index contributed by atoms with van der Waals surface area (Å²) in [5.41, 5.74) is 2.76. The highest BCUT2D eigenvalue weighted by Gasteiger charge is 2.26. The van der Waals surface area contributed by atoms with E-state index >= 15 is 0 Å². The number of rotatable bonds is 2. The first kappa shape index (κ1) is 19.4. The lowest BCUT2D eigenvalue weighted by Crippen LogP contribution is -2.37. The van der Waals surface area contributed by atoms with E-state index in [9.17, 15) is 14.0 Å². The van der Waals surface area contributed by atoms with Gasteiger partial charge in [0.15, 0.2) is 0 Å². The highest BCUT2D eigenvalue weighted by molar-refractivity contribution is 6.33. The molecule has 3 rings (SSSR count). The van der Waals surface area contributed by atoms with E-state index < -0.39 is 11.7 Å². The number of carbonyl (C=O) groups is 2. The third kappa shape index (κ3) is 4.14. The van der Waals surface area contributed by atoms with Gasteiger partial charge in [-0.15, -0.1) is 0 Å². The van der Waals surface area contributed by atoms with E-state index in [-0.39, 0.29) is 16.5 Å². The number of amides is 2. The number of hydrogen-bond donors (Lipinski definition) is 0. The molecule has 0 radical (unpaired) electrons. The average Bonchev–Trinajstić information content (AvgIpc) is 2.89. The first-order valence-electron chi connectivity index (χ1n) is 8.98. The van der Waals surface area contributed by atoms with Crippen molar-refractivity contribution in [3.8, 4) is 0 Å². The second-order valence-electron chi connectivity index (χ2n) is 6.83. The molecule has 0 saturated carbocycles. The van der Waals surface area contributed by atoms with Crippen molar-refractivity contribution in [2.24, 2.45) is 0 Å². The van der Waals surface area contributed by atoms with Crippen molar-refractivity contribution >= 4 is 23.4 Å². The van der Waals surface area contributed by atoms with Gasteiger partial charge in [-0.3, -0.25) is 9.59 Å². The van der Waals surface area contributed by atoms with Crippen LogP contribution in [-0.4, -0.2) is 47.8 Å². The van der Waals surface area contributed by atoms with Crippen molar-refractivity contribution in [1.29, 1.82) is 0 Å². The Morgan fingerprint density at radius 3 is 2.22 bits per heavy atom. The van der Waals surface area contributed by atoms with Crippen LogP contribution in [0.25, 0.3) is 0 Å². The van der Waals surface area contributed by atoms with Gasteiger partial charge in [-0.2, -0.15) is 0 Å². The number of halogens is 2. The number of nitrogens with zero attached hydrogens (tertiary/aromatic N) is 2. The molecule has 0 spiro atoms. The molecule has 27 heavy (non-hydrogen) atoms.